The van der Waals surface area contributed by atoms with Crippen LogP contribution < -0.4 is 10.6 Å². The number of imide groups is 1. The zero-order valence-corrected chi connectivity index (χ0v) is 17.0. The minimum atomic E-state index is -5.17. The van der Waals surface area contributed by atoms with E-state index in [4.69, 9.17) is 4.74 Å². The van der Waals surface area contributed by atoms with Gasteiger partial charge in [0.2, 0.25) is 0 Å². The average molecular weight is 481 g/mol. The van der Waals surface area contributed by atoms with Crippen molar-refractivity contribution in [1.82, 2.24) is 10.6 Å². The normalized spacial score (nSPS) is 16.4. The van der Waals surface area contributed by atoms with Crippen LogP contribution in [-0.2, 0) is 15.7 Å². The Morgan fingerprint density at radius 3 is 2.38 bits per heavy atom. The first-order chi connectivity index (χ1) is 15.8. The first-order valence-corrected chi connectivity index (χ1v) is 9.31. The van der Waals surface area contributed by atoms with Gasteiger partial charge in [-0.1, -0.05) is 6.07 Å². The van der Waals surface area contributed by atoms with Crippen LogP contribution in [0.3, 0.4) is 0 Å². The molecule has 2 aromatic rings. The van der Waals surface area contributed by atoms with Crippen LogP contribution >= 0.6 is 0 Å². The molecular formula is C20H14F3N3O8. The van der Waals surface area contributed by atoms with Gasteiger partial charge in [-0.15, -0.1) is 0 Å². The van der Waals surface area contributed by atoms with Crippen molar-refractivity contribution in [2.24, 2.45) is 0 Å². The maximum Gasteiger partial charge on any atom is 0.423 e. The third-order valence-electron chi connectivity index (χ3n) is 4.90. The number of amides is 3. The summed E-state index contributed by atoms with van der Waals surface area (Å²) in [6, 6.07) is 2.52. The van der Waals surface area contributed by atoms with Gasteiger partial charge in [0.1, 0.15) is 5.56 Å². The summed E-state index contributed by atoms with van der Waals surface area (Å²) in [6.07, 6.45) is -7.00. The molecule has 0 spiro atoms. The Morgan fingerprint density at radius 1 is 1.18 bits per heavy atom. The fourth-order valence-electron chi connectivity index (χ4n) is 3.25. The van der Waals surface area contributed by atoms with Crippen LogP contribution in [-0.4, -0.2) is 39.9 Å². The highest BCUT2D eigenvalue weighted by atomic mass is 19.4. The highest BCUT2D eigenvalue weighted by Gasteiger charge is 2.43. The number of halogens is 3. The molecule has 14 heteroatoms. The molecule has 34 heavy (non-hydrogen) atoms. The lowest BCUT2D eigenvalue weighted by atomic mass is 9.98. The Balaban J connectivity index is 2.07. The van der Waals surface area contributed by atoms with E-state index in [1.54, 1.807) is 0 Å². The first-order valence-electron chi connectivity index (χ1n) is 9.31. The van der Waals surface area contributed by atoms with Crippen molar-refractivity contribution in [2.45, 2.75) is 25.2 Å². The van der Waals surface area contributed by atoms with Gasteiger partial charge >= 0.3 is 24.1 Å². The fourth-order valence-corrected chi connectivity index (χ4v) is 3.25. The summed E-state index contributed by atoms with van der Waals surface area (Å²) in [7, 11) is 0. The topological polar surface area (TPSA) is 165 Å². The van der Waals surface area contributed by atoms with E-state index in [2.05, 4.69) is 5.32 Å². The summed E-state index contributed by atoms with van der Waals surface area (Å²) in [5.41, 5.74) is -3.63. The van der Waals surface area contributed by atoms with Gasteiger partial charge in [-0.05, 0) is 42.3 Å². The first kappa shape index (κ1) is 24.2. The number of carbonyl (C=O) groups excluding carboxylic acids is 3. The van der Waals surface area contributed by atoms with Gasteiger partial charge in [0, 0.05) is 6.07 Å². The molecule has 178 valence electrons. The Hall–Kier alpha value is -4.49. The number of carboxylic acids is 1. The molecule has 11 nitrogen and oxygen atoms in total. The highest BCUT2D eigenvalue weighted by Crippen LogP contribution is 2.38. The second-order valence-corrected chi connectivity index (χ2v) is 7.13. The lowest BCUT2D eigenvalue weighted by Crippen LogP contribution is -2.38. The third kappa shape index (κ3) is 4.79. The number of hydrogen-bond donors (Lipinski definition) is 3. The maximum atomic E-state index is 13.4. The van der Waals surface area contributed by atoms with E-state index in [0.29, 0.717) is 17.7 Å². The third-order valence-corrected chi connectivity index (χ3v) is 4.90. The predicted molar refractivity (Wildman–Crippen MR) is 105 cm³/mol. The van der Waals surface area contributed by atoms with Gasteiger partial charge in [-0.3, -0.25) is 20.2 Å². The summed E-state index contributed by atoms with van der Waals surface area (Å²) < 4.78 is 45.5. The highest BCUT2D eigenvalue weighted by molar-refractivity contribution is 6.05. The number of aromatic carboxylic acids is 1. The molecule has 3 rings (SSSR count). The van der Waals surface area contributed by atoms with Crippen LogP contribution in [0.2, 0.25) is 0 Å². The number of nitro groups is 1. The summed E-state index contributed by atoms with van der Waals surface area (Å²) in [5, 5.41) is 24.2. The Morgan fingerprint density at radius 2 is 1.85 bits per heavy atom. The minimum Gasteiger partial charge on any atom is -0.478 e. The molecule has 1 fully saturated rings. The molecule has 0 aliphatic carbocycles. The van der Waals surface area contributed by atoms with E-state index < -0.39 is 63.9 Å². The van der Waals surface area contributed by atoms with E-state index in [1.165, 1.54) is 19.1 Å². The van der Waals surface area contributed by atoms with Crippen LogP contribution in [0.4, 0.5) is 23.7 Å². The van der Waals surface area contributed by atoms with E-state index in [1.807, 2.05) is 5.32 Å². The number of nitro benzene ring substituents is 1. The van der Waals surface area contributed by atoms with Crippen LogP contribution in [0, 0.1) is 17.0 Å². The average Bonchev–Trinajstić information content (AvgIpc) is 3.08. The minimum absolute atomic E-state index is 0.243. The molecule has 1 aliphatic heterocycles. The number of rotatable bonds is 6. The van der Waals surface area contributed by atoms with Gasteiger partial charge < -0.3 is 15.2 Å². The van der Waals surface area contributed by atoms with Crippen molar-refractivity contribution < 1.29 is 47.1 Å². The number of hydrogen-bond acceptors (Lipinski definition) is 7. The largest absolute Gasteiger partial charge is 0.478 e. The van der Waals surface area contributed by atoms with Crippen molar-refractivity contribution in [2.75, 3.05) is 0 Å². The van der Waals surface area contributed by atoms with Crippen LogP contribution in [0.25, 0.3) is 0 Å². The van der Waals surface area contributed by atoms with Crippen molar-refractivity contribution in [3.8, 4) is 0 Å². The summed E-state index contributed by atoms with van der Waals surface area (Å²) in [6.45, 7) is 1.47. The summed E-state index contributed by atoms with van der Waals surface area (Å²) in [5.74, 6) is -3.59. The zero-order chi connectivity index (χ0) is 25.4. The number of ether oxygens (including phenoxy) is 1. The Labute approximate surface area is 187 Å². The van der Waals surface area contributed by atoms with Crippen molar-refractivity contribution in [1.29, 1.82) is 0 Å². The van der Waals surface area contributed by atoms with Crippen molar-refractivity contribution in [3.05, 3.63) is 74.3 Å². The number of nitrogens with one attached hydrogen (secondary N) is 2. The smallest absolute Gasteiger partial charge is 0.423 e. The molecule has 0 radical (unpaired) electrons. The zero-order valence-electron chi connectivity index (χ0n) is 17.0. The van der Waals surface area contributed by atoms with Gasteiger partial charge in [-0.2, -0.15) is 13.2 Å². The molecule has 2 unspecified atom stereocenters. The maximum absolute atomic E-state index is 13.4. The lowest BCUT2D eigenvalue weighted by molar-refractivity contribution is -0.388. The predicted octanol–water partition coefficient (Wildman–Crippen LogP) is 2.73. The van der Waals surface area contributed by atoms with Gasteiger partial charge in [0.15, 0.2) is 12.1 Å². The molecule has 2 atom stereocenters. The van der Waals surface area contributed by atoms with Crippen molar-refractivity contribution in [3.63, 3.8) is 0 Å². The standard InChI is InChI=1S/C20H14F3N3O8/c1-8-2-3-10(6-11(8)17(28)29)18(30)34-15(14-16(27)25-19(31)24-14)9-4-5-13(26(32)33)12(7-9)20(21,22)23/h2-7,14-15H,1H3,(H,28,29)(H2,24,25,27,31). The van der Waals surface area contributed by atoms with Crippen LogP contribution in [0.1, 0.15) is 43.5 Å². The monoisotopic (exact) mass is 481 g/mol. The number of benzene rings is 2. The van der Waals surface area contributed by atoms with E-state index in [0.717, 1.165) is 12.1 Å². The Bertz CT molecular complexity index is 1230. The van der Waals surface area contributed by atoms with E-state index >= 15 is 0 Å². The molecular weight excluding hydrogens is 467 g/mol. The molecule has 3 N–H and O–H groups in total. The number of nitrogens with zero attached hydrogens (tertiary/aromatic N) is 1. The van der Waals surface area contributed by atoms with Gasteiger partial charge in [0.25, 0.3) is 11.6 Å². The number of esters is 1. The molecule has 1 aliphatic rings. The fraction of sp³-hybridized carbons (Fsp3) is 0.200. The molecule has 0 bridgehead atoms. The molecule has 3 amide bonds. The molecule has 2 aromatic carbocycles. The van der Waals surface area contributed by atoms with Gasteiger partial charge in [0.05, 0.1) is 16.1 Å². The van der Waals surface area contributed by atoms with E-state index in [9.17, 15) is 47.6 Å². The summed E-state index contributed by atoms with van der Waals surface area (Å²) >= 11 is 0. The molecule has 1 saturated heterocycles. The van der Waals surface area contributed by atoms with Crippen LogP contribution in [0.15, 0.2) is 36.4 Å². The number of urea groups is 1. The number of carboxylic acid groups (broad SMARTS) is 1. The van der Waals surface area contributed by atoms with Gasteiger partial charge in [-0.25, -0.2) is 14.4 Å². The van der Waals surface area contributed by atoms with Crippen molar-refractivity contribution >= 4 is 29.6 Å². The van der Waals surface area contributed by atoms with E-state index in [-0.39, 0.29) is 11.1 Å². The number of carbonyl (C=O) groups is 4. The molecule has 0 saturated carbocycles. The molecule has 1 heterocycles. The SMILES string of the molecule is Cc1ccc(C(=O)OC(c2ccc([N+](=O)[O-])c(C(F)(F)F)c2)C2NC(=O)NC2=O)cc1C(=O)O. The molecule has 0 aromatic heterocycles. The number of alkyl halides is 3. The lowest BCUT2D eigenvalue weighted by Gasteiger charge is -2.23. The number of aryl methyl sites for hydroxylation is 1. The summed E-state index contributed by atoms with van der Waals surface area (Å²) in [4.78, 5) is 57.6. The Kier molecular flexibility index (Phi) is 6.25. The second kappa shape index (κ2) is 8.80. The second-order valence-electron chi connectivity index (χ2n) is 7.13. The quantitative estimate of drug-likeness (QED) is 0.245. The van der Waals surface area contributed by atoms with Crippen LogP contribution in [0.5, 0.6) is 0 Å².